The van der Waals surface area contributed by atoms with E-state index in [0.717, 1.165) is 55.7 Å². The predicted octanol–water partition coefficient (Wildman–Crippen LogP) is 3.40. The lowest BCUT2D eigenvalue weighted by Gasteiger charge is -2.19. The molecule has 1 aliphatic heterocycles. The second-order valence-electron chi connectivity index (χ2n) is 9.59. The molecule has 0 bridgehead atoms. The van der Waals surface area contributed by atoms with Crippen LogP contribution in [0, 0.1) is 17.8 Å². The van der Waals surface area contributed by atoms with Crippen molar-refractivity contribution in [2.75, 3.05) is 20.1 Å². The van der Waals surface area contributed by atoms with Gasteiger partial charge in [0.25, 0.3) is 5.56 Å². The number of fused-ring (bicyclic) bond motifs is 1. The molecule has 4 atom stereocenters. The monoisotopic (exact) mass is 391 g/mol. The first-order valence-corrected chi connectivity index (χ1v) is 11.2. The summed E-state index contributed by atoms with van der Waals surface area (Å²) >= 11 is 0. The maximum atomic E-state index is 12.9. The van der Waals surface area contributed by atoms with Crippen molar-refractivity contribution >= 4 is 11.0 Å². The Labute approximate surface area is 170 Å². The van der Waals surface area contributed by atoms with Gasteiger partial charge in [-0.05, 0) is 50.5 Å². The molecule has 2 aromatic heterocycles. The van der Waals surface area contributed by atoms with E-state index in [1.165, 1.54) is 19.3 Å². The van der Waals surface area contributed by atoms with Crippen molar-refractivity contribution in [3.8, 4) is 0 Å². The molecule has 0 aromatic carbocycles. The number of H-pyrrole nitrogens is 1. The molecule has 3 fully saturated rings. The Morgan fingerprint density at radius 3 is 2.79 bits per heavy atom. The quantitative estimate of drug-likeness (QED) is 0.867. The normalized spacial score (nSPS) is 32.5. The molecule has 152 valence electrons. The molecule has 0 radical (unpaired) electrons. The van der Waals surface area contributed by atoms with Crippen LogP contribution >= 0.6 is 0 Å². The van der Waals surface area contributed by atoms with Gasteiger partial charge in [0.2, 0.25) is 0 Å². The van der Waals surface area contributed by atoms with Crippen molar-refractivity contribution in [1.29, 1.82) is 0 Å². The van der Waals surface area contributed by atoms with Crippen LogP contribution in [-0.2, 0) is 0 Å². The summed E-state index contributed by atoms with van der Waals surface area (Å²) < 4.78 is 2.03. The molecule has 2 unspecified atom stereocenters. The number of aromatic amines is 1. The van der Waals surface area contributed by atoms with Crippen molar-refractivity contribution in [1.82, 2.24) is 24.6 Å². The fraction of sp³-hybridized carbons (Fsp3) is 0.609. The molecule has 0 amide bonds. The van der Waals surface area contributed by atoms with Gasteiger partial charge in [0.05, 0.1) is 12.2 Å². The number of nitrogens with one attached hydrogen (secondary N) is 1. The minimum Gasteiger partial charge on any atom is -0.310 e. The number of hydrogen-bond acceptors (Lipinski definition) is 4. The van der Waals surface area contributed by atoms with Crippen LogP contribution in [0.4, 0.5) is 0 Å². The lowest BCUT2D eigenvalue weighted by Crippen LogP contribution is -2.21. The first-order valence-electron chi connectivity index (χ1n) is 11.2. The summed E-state index contributed by atoms with van der Waals surface area (Å²) in [7, 11) is 2.19. The van der Waals surface area contributed by atoms with E-state index < -0.39 is 0 Å². The zero-order valence-electron chi connectivity index (χ0n) is 17.1. The zero-order valence-corrected chi connectivity index (χ0v) is 17.1. The third-order valence-electron chi connectivity index (χ3n) is 7.72. The maximum Gasteiger partial charge on any atom is 0.262 e. The minimum atomic E-state index is -0.0300. The first-order chi connectivity index (χ1) is 14.2. The summed E-state index contributed by atoms with van der Waals surface area (Å²) in [5, 5.41) is 5.20. The highest BCUT2D eigenvalue weighted by molar-refractivity contribution is 5.73. The van der Waals surface area contributed by atoms with Crippen molar-refractivity contribution in [2.45, 2.75) is 50.5 Å². The van der Waals surface area contributed by atoms with Crippen LogP contribution in [0.1, 0.15) is 56.3 Å². The van der Waals surface area contributed by atoms with Gasteiger partial charge in [-0.15, -0.1) is 0 Å². The van der Waals surface area contributed by atoms with Gasteiger partial charge in [0.15, 0.2) is 5.65 Å². The lowest BCUT2D eigenvalue weighted by atomic mass is 9.88. The largest absolute Gasteiger partial charge is 0.310 e. The molecule has 2 aromatic rings. The smallest absolute Gasteiger partial charge is 0.262 e. The molecule has 6 heteroatoms. The molecule has 4 aliphatic rings. The van der Waals surface area contributed by atoms with Crippen molar-refractivity contribution in [3.05, 3.63) is 46.2 Å². The van der Waals surface area contributed by atoms with Gasteiger partial charge in [-0.2, -0.15) is 5.10 Å². The SMILES string of the molecule is CN1C[C@@H](c2nc3c(cnn3C3CCCC3)c(=O)[nH]2)[C@H](C2CC2C2=CC=CC2)C1. The van der Waals surface area contributed by atoms with Gasteiger partial charge in [-0.3, -0.25) is 4.79 Å². The van der Waals surface area contributed by atoms with E-state index in [9.17, 15) is 4.79 Å². The van der Waals surface area contributed by atoms with Crippen LogP contribution in [0.2, 0.25) is 0 Å². The number of nitrogens with zero attached hydrogens (tertiary/aromatic N) is 4. The number of likely N-dealkylation sites (N-methyl/N-ethyl adjacent to an activating group) is 1. The van der Waals surface area contributed by atoms with E-state index in [1.807, 2.05) is 4.68 Å². The van der Waals surface area contributed by atoms with Gasteiger partial charge >= 0.3 is 0 Å². The summed E-state index contributed by atoms with van der Waals surface area (Å²) in [4.78, 5) is 23.4. The lowest BCUT2D eigenvalue weighted by molar-refractivity contribution is 0.374. The maximum absolute atomic E-state index is 12.9. The van der Waals surface area contributed by atoms with E-state index in [4.69, 9.17) is 4.98 Å². The summed E-state index contributed by atoms with van der Waals surface area (Å²) in [5.74, 6) is 3.19. The van der Waals surface area contributed by atoms with Crippen molar-refractivity contribution < 1.29 is 0 Å². The molecule has 3 heterocycles. The van der Waals surface area contributed by atoms with Crippen molar-refractivity contribution in [2.24, 2.45) is 17.8 Å². The number of rotatable bonds is 4. The third-order valence-corrected chi connectivity index (χ3v) is 7.72. The average Bonchev–Trinajstić information content (AvgIpc) is 3.26. The molecule has 1 saturated heterocycles. The van der Waals surface area contributed by atoms with E-state index in [2.05, 4.69) is 40.3 Å². The Morgan fingerprint density at radius 2 is 2.00 bits per heavy atom. The fourth-order valence-electron chi connectivity index (χ4n) is 6.15. The molecule has 3 aliphatic carbocycles. The highest BCUT2D eigenvalue weighted by Gasteiger charge is 2.50. The second kappa shape index (κ2) is 6.66. The van der Waals surface area contributed by atoms with Gasteiger partial charge in [0, 0.05) is 19.0 Å². The summed E-state index contributed by atoms with van der Waals surface area (Å²) in [6.07, 6.45) is 15.6. The Morgan fingerprint density at radius 1 is 1.14 bits per heavy atom. The standard InChI is InChI=1S/C23H29N5O/c1-27-12-19(17-10-16(17)14-6-2-3-7-14)20(13-27)21-25-22-18(23(29)26-21)11-24-28(22)15-8-4-5-9-15/h2-3,6,11,15-17,19-20H,4-5,7-10,12-13H2,1H3,(H,25,26,29)/t16?,17?,19-,20+/m0/s1. The first kappa shape index (κ1) is 17.6. The van der Waals surface area contributed by atoms with Gasteiger partial charge in [0.1, 0.15) is 11.2 Å². The van der Waals surface area contributed by atoms with Gasteiger partial charge < -0.3 is 9.88 Å². The molecule has 1 N–H and O–H groups in total. The summed E-state index contributed by atoms with van der Waals surface area (Å²) in [6.45, 7) is 2.06. The van der Waals surface area contributed by atoms with Crippen LogP contribution in [0.3, 0.4) is 0 Å². The Balaban J connectivity index is 1.34. The van der Waals surface area contributed by atoms with Gasteiger partial charge in [-0.25, -0.2) is 9.67 Å². The predicted molar refractivity (Wildman–Crippen MR) is 113 cm³/mol. The Bertz CT molecular complexity index is 1060. The van der Waals surface area contributed by atoms with E-state index in [1.54, 1.807) is 11.8 Å². The van der Waals surface area contributed by atoms with Crippen LogP contribution in [0.5, 0.6) is 0 Å². The van der Waals surface area contributed by atoms with E-state index in [0.29, 0.717) is 23.3 Å². The molecule has 6 rings (SSSR count). The zero-order chi connectivity index (χ0) is 19.5. The van der Waals surface area contributed by atoms with Gasteiger partial charge in [-0.1, -0.05) is 36.6 Å². The topological polar surface area (TPSA) is 66.8 Å². The van der Waals surface area contributed by atoms with Crippen LogP contribution < -0.4 is 5.56 Å². The van der Waals surface area contributed by atoms with Crippen LogP contribution in [0.15, 0.2) is 34.8 Å². The summed E-state index contributed by atoms with van der Waals surface area (Å²) in [5.41, 5.74) is 2.36. The number of hydrogen-bond donors (Lipinski definition) is 1. The minimum absolute atomic E-state index is 0.0300. The second-order valence-corrected chi connectivity index (χ2v) is 9.59. The van der Waals surface area contributed by atoms with Crippen molar-refractivity contribution in [3.63, 3.8) is 0 Å². The number of aromatic nitrogens is 4. The Kier molecular flexibility index (Phi) is 4.05. The van der Waals surface area contributed by atoms with E-state index >= 15 is 0 Å². The fourth-order valence-corrected chi connectivity index (χ4v) is 6.15. The highest BCUT2D eigenvalue weighted by Crippen LogP contribution is 2.55. The average molecular weight is 392 g/mol. The molecule has 6 nitrogen and oxygen atoms in total. The third kappa shape index (κ3) is 2.91. The molecular formula is C23H29N5O. The number of allylic oxidation sites excluding steroid dienone is 4. The molecule has 0 spiro atoms. The van der Waals surface area contributed by atoms with Crippen LogP contribution in [-0.4, -0.2) is 44.8 Å². The molecule has 29 heavy (non-hydrogen) atoms. The molecule has 2 saturated carbocycles. The number of likely N-dealkylation sites (tertiary alicyclic amines) is 1. The van der Waals surface area contributed by atoms with E-state index in [-0.39, 0.29) is 5.56 Å². The molecular weight excluding hydrogens is 362 g/mol. The Hall–Kier alpha value is -2.21. The summed E-state index contributed by atoms with van der Waals surface area (Å²) in [6, 6.07) is 0.395. The van der Waals surface area contributed by atoms with Crippen LogP contribution in [0.25, 0.3) is 11.0 Å². The highest BCUT2D eigenvalue weighted by atomic mass is 16.1.